The summed E-state index contributed by atoms with van der Waals surface area (Å²) in [7, 11) is 0. The summed E-state index contributed by atoms with van der Waals surface area (Å²) >= 11 is 4.00. The van der Waals surface area contributed by atoms with Crippen LogP contribution in [0.5, 0.6) is 0 Å². The number of hydrogen-bond acceptors (Lipinski definition) is 4. The normalized spacial score (nSPS) is 12.5. The highest BCUT2D eigenvalue weighted by molar-refractivity contribution is 14.1. The number of nitrogens with zero attached hydrogens (tertiary/aromatic N) is 2. The molecule has 1 aromatic rings. The van der Waals surface area contributed by atoms with Crippen LogP contribution in [0.15, 0.2) is 12.4 Å². The Morgan fingerprint density at radius 1 is 1.54 bits per heavy atom. The van der Waals surface area contributed by atoms with Gasteiger partial charge >= 0.3 is 0 Å². The number of hydrogen-bond donors (Lipinski definition) is 1. The molecule has 1 aromatic heterocycles. The van der Waals surface area contributed by atoms with E-state index in [2.05, 4.69) is 51.1 Å². The lowest BCUT2D eigenvalue weighted by Gasteiger charge is -2.11. The summed E-state index contributed by atoms with van der Waals surface area (Å²) in [6.45, 7) is 2.12. The fourth-order valence-electron chi connectivity index (χ4n) is 0.899. The summed E-state index contributed by atoms with van der Waals surface area (Å²) in [4.78, 5) is 8.32. The summed E-state index contributed by atoms with van der Waals surface area (Å²) in [5.74, 6) is 1.77. The van der Waals surface area contributed by atoms with Gasteiger partial charge in [-0.15, -0.1) is 0 Å². The first kappa shape index (κ1) is 11.0. The minimum atomic E-state index is 0.412. The van der Waals surface area contributed by atoms with Crippen molar-refractivity contribution >= 4 is 40.3 Å². The minimum Gasteiger partial charge on any atom is -0.351 e. The Morgan fingerprint density at radius 3 is 2.69 bits per heavy atom. The van der Waals surface area contributed by atoms with E-state index >= 15 is 0 Å². The van der Waals surface area contributed by atoms with Crippen molar-refractivity contribution in [2.75, 3.05) is 17.3 Å². The Balaban J connectivity index is 2.49. The Kier molecular flexibility index (Phi) is 4.79. The molecule has 0 aliphatic rings. The van der Waals surface area contributed by atoms with Crippen LogP contribution >= 0.6 is 34.4 Å². The molecule has 72 valence electrons. The lowest BCUT2D eigenvalue weighted by atomic mass is 10.4. The van der Waals surface area contributed by atoms with Gasteiger partial charge in [0.05, 0.1) is 0 Å². The average molecular weight is 309 g/mol. The summed E-state index contributed by atoms with van der Waals surface area (Å²) in [5, 5.41) is 3.22. The molecule has 0 bridgehead atoms. The van der Waals surface area contributed by atoms with Gasteiger partial charge in [0.1, 0.15) is 0 Å². The maximum absolute atomic E-state index is 4.16. The van der Waals surface area contributed by atoms with Crippen molar-refractivity contribution in [3.63, 3.8) is 0 Å². The predicted octanol–water partition coefficient (Wildman–Crippen LogP) is 2.24. The molecule has 13 heavy (non-hydrogen) atoms. The van der Waals surface area contributed by atoms with Crippen molar-refractivity contribution in [2.45, 2.75) is 13.0 Å². The molecule has 1 atom stereocenters. The summed E-state index contributed by atoms with van der Waals surface area (Å²) < 4.78 is 1.06. The van der Waals surface area contributed by atoms with Gasteiger partial charge in [0.25, 0.3) is 0 Å². The zero-order valence-electron chi connectivity index (χ0n) is 7.62. The number of aromatic nitrogens is 2. The molecule has 0 radical (unpaired) electrons. The van der Waals surface area contributed by atoms with E-state index in [0.29, 0.717) is 12.0 Å². The van der Waals surface area contributed by atoms with Crippen molar-refractivity contribution in [3.05, 3.63) is 16.0 Å². The first-order chi connectivity index (χ1) is 6.22. The van der Waals surface area contributed by atoms with Crippen LogP contribution in [0.1, 0.15) is 6.92 Å². The highest BCUT2D eigenvalue weighted by Gasteiger charge is 2.01. The zero-order chi connectivity index (χ0) is 9.68. The first-order valence-electron chi connectivity index (χ1n) is 3.95. The van der Waals surface area contributed by atoms with E-state index in [1.54, 1.807) is 0 Å². The third kappa shape index (κ3) is 4.12. The molecular weight excluding hydrogens is 297 g/mol. The number of rotatable bonds is 4. The van der Waals surface area contributed by atoms with Crippen molar-refractivity contribution < 1.29 is 0 Å². The van der Waals surface area contributed by atoms with Gasteiger partial charge < -0.3 is 5.32 Å². The van der Waals surface area contributed by atoms with Gasteiger partial charge in [0, 0.05) is 27.8 Å². The molecule has 0 saturated heterocycles. The molecule has 0 aromatic carbocycles. The van der Waals surface area contributed by atoms with E-state index in [9.17, 15) is 0 Å². The van der Waals surface area contributed by atoms with Crippen LogP contribution in [-0.4, -0.2) is 28.0 Å². The Hall–Kier alpha value is -0.0400. The molecule has 0 fully saturated rings. The van der Waals surface area contributed by atoms with E-state index in [1.807, 2.05) is 24.2 Å². The van der Waals surface area contributed by atoms with Crippen molar-refractivity contribution in [1.29, 1.82) is 0 Å². The maximum Gasteiger partial charge on any atom is 0.222 e. The van der Waals surface area contributed by atoms with Gasteiger partial charge in [-0.05, 0) is 35.8 Å². The second-order valence-corrected chi connectivity index (χ2v) is 4.88. The van der Waals surface area contributed by atoms with Crippen LogP contribution in [0, 0.1) is 3.57 Å². The summed E-state index contributed by atoms with van der Waals surface area (Å²) in [6.07, 6.45) is 5.70. The second kappa shape index (κ2) is 5.64. The topological polar surface area (TPSA) is 37.8 Å². The smallest absolute Gasteiger partial charge is 0.222 e. The van der Waals surface area contributed by atoms with Crippen LogP contribution in [0.4, 0.5) is 5.95 Å². The van der Waals surface area contributed by atoms with Gasteiger partial charge in [-0.2, -0.15) is 11.8 Å². The van der Waals surface area contributed by atoms with E-state index in [1.165, 1.54) is 0 Å². The maximum atomic E-state index is 4.16. The number of halogens is 1. The zero-order valence-corrected chi connectivity index (χ0v) is 10.6. The van der Waals surface area contributed by atoms with Crippen LogP contribution < -0.4 is 5.32 Å². The lowest BCUT2D eigenvalue weighted by molar-refractivity contribution is 0.886. The lowest BCUT2D eigenvalue weighted by Crippen LogP contribution is -2.19. The standard InChI is InChI=1S/C8H12IN3S/c1-6(5-13-2)12-8-10-3-7(9)4-11-8/h3-4,6H,5H2,1-2H3,(H,10,11,12). The van der Waals surface area contributed by atoms with Crippen LogP contribution in [0.25, 0.3) is 0 Å². The molecule has 0 aliphatic heterocycles. The van der Waals surface area contributed by atoms with Crippen LogP contribution in [-0.2, 0) is 0 Å². The molecule has 0 amide bonds. The van der Waals surface area contributed by atoms with Crippen LogP contribution in [0.2, 0.25) is 0 Å². The van der Waals surface area contributed by atoms with Gasteiger partial charge in [0.15, 0.2) is 0 Å². The van der Waals surface area contributed by atoms with Crippen molar-refractivity contribution in [1.82, 2.24) is 9.97 Å². The molecule has 1 unspecified atom stereocenters. The Morgan fingerprint density at radius 2 is 2.15 bits per heavy atom. The molecule has 1 N–H and O–H groups in total. The molecule has 1 heterocycles. The number of thioether (sulfide) groups is 1. The Labute approximate surface area is 96.3 Å². The van der Waals surface area contributed by atoms with E-state index in [4.69, 9.17) is 0 Å². The van der Waals surface area contributed by atoms with Gasteiger partial charge in [-0.25, -0.2) is 9.97 Å². The van der Waals surface area contributed by atoms with Crippen LogP contribution in [0.3, 0.4) is 0 Å². The highest BCUT2D eigenvalue weighted by Crippen LogP contribution is 2.06. The summed E-state index contributed by atoms with van der Waals surface area (Å²) in [5.41, 5.74) is 0. The quantitative estimate of drug-likeness (QED) is 0.866. The summed E-state index contributed by atoms with van der Waals surface area (Å²) in [6, 6.07) is 0.412. The number of nitrogens with one attached hydrogen (secondary N) is 1. The molecule has 0 spiro atoms. The molecule has 1 rings (SSSR count). The fourth-order valence-corrected chi connectivity index (χ4v) is 1.76. The highest BCUT2D eigenvalue weighted by atomic mass is 127. The average Bonchev–Trinajstić information content (AvgIpc) is 2.09. The van der Waals surface area contributed by atoms with E-state index in [0.717, 1.165) is 9.32 Å². The third-order valence-corrected chi connectivity index (χ3v) is 2.80. The third-order valence-electron chi connectivity index (χ3n) is 1.41. The predicted molar refractivity (Wildman–Crippen MR) is 66.2 cm³/mol. The van der Waals surface area contributed by atoms with Crippen molar-refractivity contribution in [2.24, 2.45) is 0 Å². The minimum absolute atomic E-state index is 0.412. The SMILES string of the molecule is CSCC(C)Nc1ncc(I)cn1. The largest absolute Gasteiger partial charge is 0.351 e. The monoisotopic (exact) mass is 309 g/mol. The molecule has 0 aliphatic carbocycles. The van der Waals surface area contributed by atoms with Gasteiger partial charge in [-0.1, -0.05) is 0 Å². The van der Waals surface area contributed by atoms with Gasteiger partial charge in [0.2, 0.25) is 5.95 Å². The molecule has 3 nitrogen and oxygen atoms in total. The molecule has 5 heteroatoms. The first-order valence-corrected chi connectivity index (χ1v) is 6.42. The molecule has 0 saturated carbocycles. The fraction of sp³-hybridized carbons (Fsp3) is 0.500. The Bertz CT molecular complexity index is 252. The second-order valence-electron chi connectivity index (χ2n) is 2.73. The number of anilines is 1. The van der Waals surface area contributed by atoms with E-state index < -0.39 is 0 Å². The molecular formula is C8H12IN3S. The van der Waals surface area contributed by atoms with E-state index in [-0.39, 0.29) is 0 Å². The van der Waals surface area contributed by atoms with Crippen molar-refractivity contribution in [3.8, 4) is 0 Å². The van der Waals surface area contributed by atoms with Gasteiger partial charge in [-0.3, -0.25) is 0 Å².